The molecule has 2 heterocycles. The third kappa shape index (κ3) is 33.0. The van der Waals surface area contributed by atoms with Crippen molar-refractivity contribution in [1.82, 2.24) is 9.55 Å². The fraction of sp³-hybridized carbons (Fsp3) is 0.519. The second-order valence-electron chi connectivity index (χ2n) is 17.1. The fourth-order valence-electron chi connectivity index (χ4n) is 6.65. The lowest BCUT2D eigenvalue weighted by molar-refractivity contribution is -0.161. The molecule has 2 unspecified atom stereocenters. The predicted molar refractivity (Wildman–Crippen MR) is 290 cm³/mol. The number of carbonyl (C=O) groups is 2. The van der Waals surface area contributed by atoms with Crippen LogP contribution in [0.25, 0.3) is 0 Å². The number of anilines is 1. The van der Waals surface area contributed by atoms with Crippen LogP contribution in [0.15, 0.2) is 139 Å². The van der Waals surface area contributed by atoms with Crippen molar-refractivity contribution in [2.75, 3.05) is 25.6 Å². The van der Waals surface area contributed by atoms with Crippen LogP contribution < -0.4 is 11.4 Å². The van der Waals surface area contributed by atoms with E-state index in [1.54, 1.807) is 12.2 Å². The Labute approximate surface area is 442 Å². The lowest BCUT2D eigenvalue weighted by atomic mass is 10.1. The Morgan fingerprint density at radius 1 is 0.720 bits per heavy atom. The van der Waals surface area contributed by atoms with Crippen molar-refractivity contribution in [3.8, 4) is 0 Å². The Morgan fingerprint density at radius 3 is 1.92 bits per heavy atom. The molecule has 8 atom stereocenters. The van der Waals surface area contributed by atoms with E-state index in [-0.39, 0.29) is 18.7 Å². The van der Waals surface area contributed by atoms with Gasteiger partial charge < -0.3 is 45.1 Å². The van der Waals surface area contributed by atoms with Gasteiger partial charge in [-0.1, -0.05) is 148 Å². The Bertz CT molecular complexity index is 2250. The van der Waals surface area contributed by atoms with Crippen LogP contribution >= 0.6 is 15.6 Å². The Kier molecular flexibility index (Phi) is 35.7. The van der Waals surface area contributed by atoms with E-state index in [2.05, 4.69) is 77.8 Å². The molecule has 0 saturated carbocycles. The molecule has 1 saturated heterocycles. The Morgan fingerprint density at radius 2 is 1.29 bits per heavy atom. The number of hydrogen-bond donors (Lipinski definition) is 6. The van der Waals surface area contributed by atoms with Crippen LogP contribution in [0.3, 0.4) is 0 Å². The number of rotatable bonds is 40. The van der Waals surface area contributed by atoms with Crippen molar-refractivity contribution in [2.24, 2.45) is 0 Å². The highest BCUT2D eigenvalue weighted by Crippen LogP contribution is 2.60. The van der Waals surface area contributed by atoms with Gasteiger partial charge in [0.2, 0.25) is 0 Å². The van der Waals surface area contributed by atoms with Crippen LogP contribution in [0.1, 0.15) is 129 Å². The molecule has 0 bridgehead atoms. The summed E-state index contributed by atoms with van der Waals surface area (Å²) < 4.78 is 56.6. The number of aromatic nitrogens is 2. The minimum atomic E-state index is -5.47. The van der Waals surface area contributed by atoms with Crippen molar-refractivity contribution in [1.29, 1.82) is 0 Å². The van der Waals surface area contributed by atoms with Crippen molar-refractivity contribution in [3.63, 3.8) is 0 Å². The third-order valence-corrected chi connectivity index (χ3v) is 13.2. The third-order valence-electron chi connectivity index (χ3n) is 10.6. The number of ether oxygens (including phenoxy) is 3. The quantitative estimate of drug-likeness (QED) is 0.0117. The number of nitrogens with two attached hydrogens (primary N) is 1. The SMILES string of the molecule is CC/C=C\C/C=C\C/C=C\C/C=C\C/C=C\C/C=C\CCC(=O)OC[C@H](COP(=O)(O)OP(=O)(O)OC[C@H]1O[C@@H](n2ccc(N)nc2=O)[C@H](O)[C@@H]1O)OC(=O)CCC/C=C\C/C=C\C=C\[C@@H](O)C/C=C\CCCCC. The molecule has 0 radical (unpaired) electrons. The largest absolute Gasteiger partial charge is 0.481 e. The summed E-state index contributed by atoms with van der Waals surface area (Å²) in [5, 5.41) is 31.0. The normalized spacial score (nSPS) is 20.2. The first-order chi connectivity index (χ1) is 36.1. The summed E-state index contributed by atoms with van der Waals surface area (Å²) in [6.45, 7) is 1.79. The molecule has 1 aromatic rings. The first kappa shape index (κ1) is 66.2. The van der Waals surface area contributed by atoms with Crippen LogP contribution in [0, 0.1) is 0 Å². The summed E-state index contributed by atoms with van der Waals surface area (Å²) in [7, 11) is -10.9. The molecule has 7 N–H and O–H groups in total. The smallest absolute Gasteiger partial charge is 0.462 e. The lowest BCUT2D eigenvalue weighted by Crippen LogP contribution is -2.36. The number of hydrogen-bond acceptors (Lipinski definition) is 16. The number of allylic oxidation sites excluding steroid dienone is 18. The first-order valence-electron chi connectivity index (χ1n) is 25.7. The number of nitrogen functional groups attached to an aromatic ring is 1. The molecule has 1 aromatic heterocycles. The molecule has 0 aliphatic carbocycles. The zero-order chi connectivity index (χ0) is 55.0. The number of unbranched alkanes of at least 4 members (excludes halogenated alkanes) is 4. The van der Waals surface area contributed by atoms with Crippen LogP contribution in [0.5, 0.6) is 0 Å². The zero-order valence-corrected chi connectivity index (χ0v) is 45.2. The van der Waals surface area contributed by atoms with Crippen molar-refractivity contribution >= 4 is 33.4 Å². The standard InChI is InChI=1S/C54H81N3O16P2/c1-3-5-7-9-11-12-13-14-15-16-17-18-19-20-21-22-26-30-34-38-49(59)68-42-46(71-50(60)39-35-31-27-24-23-25-29-33-37-45(58)36-32-28-10-8-6-4-2)43-69-74(64,65)73-75(66,67)70-44-47-51(61)52(62)53(72-47)57-41-40-48(55)56-54(57)63/h5,7,11-12,14-15,17-18,20-21,24-30,32-33,37,40-41,45-47,51-53,58,61-62H,3-4,6,8-10,13,16,19,22-23,31,34-36,38-39,42-44H2,1-2H3,(H,64,65)(H,66,67)(H2,55,56,63)/b7-5-,12-11-,15-14-,18-17-,21-20-,27-24-,29-25-,30-26-,32-28-,37-33+/t45-,46+,47+,51+,52+,53+/m0/s1. The highest BCUT2D eigenvalue weighted by atomic mass is 31.3. The van der Waals surface area contributed by atoms with E-state index in [9.17, 15) is 48.6 Å². The van der Waals surface area contributed by atoms with Crippen LogP contribution in [-0.4, -0.2) is 96.9 Å². The predicted octanol–water partition coefficient (Wildman–Crippen LogP) is 9.74. The molecular formula is C54H81N3O16P2. The average molecular weight is 1090 g/mol. The van der Waals surface area contributed by atoms with Gasteiger partial charge in [-0.2, -0.15) is 9.29 Å². The summed E-state index contributed by atoms with van der Waals surface area (Å²) >= 11 is 0. The number of aliphatic hydroxyl groups is 3. The topological polar surface area (TPSA) is 286 Å². The van der Waals surface area contributed by atoms with Crippen LogP contribution in [0.2, 0.25) is 0 Å². The van der Waals surface area contributed by atoms with Gasteiger partial charge in [-0.25, -0.2) is 13.9 Å². The first-order valence-corrected chi connectivity index (χ1v) is 28.6. The molecule has 1 fully saturated rings. The van der Waals surface area contributed by atoms with Gasteiger partial charge in [-0.05, 0) is 89.5 Å². The van der Waals surface area contributed by atoms with E-state index in [4.69, 9.17) is 29.0 Å². The number of phosphoric ester groups is 2. The number of nitrogens with zero attached hydrogens (tertiary/aromatic N) is 2. The molecule has 19 nitrogen and oxygen atoms in total. The second-order valence-corrected chi connectivity index (χ2v) is 20.2. The van der Waals surface area contributed by atoms with E-state index in [0.29, 0.717) is 38.5 Å². The maximum absolute atomic E-state index is 12.9. The molecule has 21 heteroatoms. The molecule has 0 aromatic carbocycles. The minimum Gasteiger partial charge on any atom is -0.462 e. The number of esters is 2. The number of carbonyl (C=O) groups excluding carboxylic acids is 2. The summed E-state index contributed by atoms with van der Waals surface area (Å²) in [6, 6.07) is 1.23. The minimum absolute atomic E-state index is 0.0300. The fourth-order valence-corrected chi connectivity index (χ4v) is 8.76. The van der Waals surface area contributed by atoms with Crippen LogP contribution in [-0.2, 0) is 46.3 Å². The Hall–Kier alpha value is -4.88. The molecule has 0 amide bonds. The maximum atomic E-state index is 12.9. The van der Waals surface area contributed by atoms with Gasteiger partial charge in [-0.3, -0.25) is 23.2 Å². The van der Waals surface area contributed by atoms with E-state index >= 15 is 0 Å². The summed E-state index contributed by atoms with van der Waals surface area (Å²) in [4.78, 5) is 61.9. The zero-order valence-electron chi connectivity index (χ0n) is 43.4. The number of phosphoric acid groups is 2. The highest BCUT2D eigenvalue weighted by Gasteiger charge is 2.46. The summed E-state index contributed by atoms with van der Waals surface area (Å²) in [5.41, 5.74) is 4.57. The second kappa shape index (κ2) is 40.4. The highest BCUT2D eigenvalue weighted by molar-refractivity contribution is 7.61. The van der Waals surface area contributed by atoms with E-state index in [0.717, 1.165) is 55.7 Å². The summed E-state index contributed by atoms with van der Waals surface area (Å²) in [5.74, 6) is -1.53. The molecule has 0 spiro atoms. The van der Waals surface area contributed by atoms with Gasteiger partial charge in [0, 0.05) is 19.0 Å². The van der Waals surface area contributed by atoms with Gasteiger partial charge in [-0.15, -0.1) is 0 Å². The monoisotopic (exact) mass is 1090 g/mol. The molecular weight excluding hydrogens is 1010 g/mol. The van der Waals surface area contributed by atoms with Gasteiger partial charge in [0.25, 0.3) is 0 Å². The Balaban J connectivity index is 1.88. The molecule has 75 heavy (non-hydrogen) atoms. The van der Waals surface area contributed by atoms with Crippen molar-refractivity contribution < 1.29 is 71.4 Å². The van der Waals surface area contributed by atoms with Gasteiger partial charge in [0.05, 0.1) is 19.3 Å². The molecule has 1 aliphatic rings. The van der Waals surface area contributed by atoms with Crippen LogP contribution in [0.4, 0.5) is 5.82 Å². The molecule has 1 aliphatic heterocycles. The molecule has 418 valence electrons. The van der Waals surface area contributed by atoms with Crippen molar-refractivity contribution in [3.05, 3.63) is 144 Å². The van der Waals surface area contributed by atoms with E-state index < -0.39 is 89.8 Å². The lowest BCUT2D eigenvalue weighted by Gasteiger charge is -2.21. The number of aliphatic hydroxyl groups excluding tert-OH is 3. The van der Waals surface area contributed by atoms with Crippen molar-refractivity contribution in [2.45, 2.75) is 160 Å². The van der Waals surface area contributed by atoms with E-state index in [1.807, 2.05) is 54.7 Å². The average Bonchev–Trinajstić information content (AvgIpc) is 3.64. The van der Waals surface area contributed by atoms with Gasteiger partial charge in [0.15, 0.2) is 12.3 Å². The molecule has 2 rings (SSSR count). The maximum Gasteiger partial charge on any atom is 0.481 e. The van der Waals surface area contributed by atoms with Gasteiger partial charge >= 0.3 is 33.3 Å². The van der Waals surface area contributed by atoms with Gasteiger partial charge in [0.1, 0.15) is 30.7 Å². The van der Waals surface area contributed by atoms with E-state index in [1.165, 1.54) is 18.9 Å². The summed E-state index contributed by atoms with van der Waals surface area (Å²) in [6.07, 6.45) is 44.7.